The summed E-state index contributed by atoms with van der Waals surface area (Å²) in [6.07, 6.45) is 5.08. The van der Waals surface area contributed by atoms with Crippen LogP contribution in [-0.2, 0) is 6.54 Å². The minimum absolute atomic E-state index is 0.239. The zero-order chi connectivity index (χ0) is 24.1. The number of primary amides is 1. The molecule has 172 valence electrons. The van der Waals surface area contributed by atoms with Crippen LogP contribution in [0.1, 0.15) is 15.9 Å². The van der Waals surface area contributed by atoms with E-state index < -0.39 is 5.91 Å². The highest BCUT2D eigenvalue weighted by molar-refractivity contribution is 6.33. The van der Waals surface area contributed by atoms with E-state index in [4.69, 9.17) is 26.8 Å². The number of ether oxygens (including phenoxy) is 2. The summed E-state index contributed by atoms with van der Waals surface area (Å²) in [6.45, 7) is 4.58. The molecule has 0 saturated heterocycles. The van der Waals surface area contributed by atoms with Gasteiger partial charge in [-0.2, -0.15) is 0 Å². The van der Waals surface area contributed by atoms with Gasteiger partial charge in [0.05, 0.1) is 34.7 Å². The molecule has 34 heavy (non-hydrogen) atoms. The van der Waals surface area contributed by atoms with Crippen LogP contribution in [0.5, 0.6) is 17.2 Å². The Morgan fingerprint density at radius 1 is 1.09 bits per heavy atom. The molecule has 0 aliphatic carbocycles. The van der Waals surface area contributed by atoms with Crippen LogP contribution in [-0.4, -0.2) is 23.0 Å². The highest BCUT2D eigenvalue weighted by atomic mass is 35.5. The van der Waals surface area contributed by atoms with Crippen molar-refractivity contribution in [3.8, 4) is 17.2 Å². The lowest BCUT2D eigenvalue weighted by Crippen LogP contribution is -2.18. The van der Waals surface area contributed by atoms with Crippen molar-refractivity contribution in [1.29, 1.82) is 0 Å². The molecule has 0 bridgehead atoms. The summed E-state index contributed by atoms with van der Waals surface area (Å²) in [5, 5.41) is 7.41. The number of pyridine rings is 2. The first-order valence-corrected chi connectivity index (χ1v) is 10.6. The second kappa shape index (κ2) is 10.1. The Hall–Kier alpha value is -4.30. The Bertz CT molecular complexity index is 1360. The molecule has 0 spiro atoms. The van der Waals surface area contributed by atoms with Crippen LogP contribution in [0.15, 0.2) is 79.5 Å². The fourth-order valence-electron chi connectivity index (χ4n) is 3.30. The summed E-state index contributed by atoms with van der Waals surface area (Å²) in [5.74, 6) is 1.34. The average molecular weight is 476 g/mol. The second-order valence-corrected chi connectivity index (χ2v) is 7.71. The minimum atomic E-state index is -0.607. The van der Waals surface area contributed by atoms with Crippen LogP contribution in [0.25, 0.3) is 10.9 Å². The van der Waals surface area contributed by atoms with Crippen molar-refractivity contribution < 1.29 is 14.3 Å². The molecule has 2 heterocycles. The lowest BCUT2D eigenvalue weighted by atomic mass is 10.1. The van der Waals surface area contributed by atoms with E-state index >= 15 is 0 Å². The van der Waals surface area contributed by atoms with Crippen LogP contribution in [0.4, 0.5) is 5.69 Å². The van der Waals surface area contributed by atoms with Gasteiger partial charge in [-0.05, 0) is 42.0 Å². The third-order valence-corrected chi connectivity index (χ3v) is 5.31. The predicted octanol–water partition coefficient (Wildman–Crippen LogP) is 4.86. The Morgan fingerprint density at radius 2 is 1.88 bits per heavy atom. The summed E-state index contributed by atoms with van der Waals surface area (Å²) in [4.78, 5) is 20.2. The monoisotopic (exact) mass is 475 g/mol. The van der Waals surface area contributed by atoms with E-state index in [0.29, 0.717) is 51.2 Å². The van der Waals surface area contributed by atoms with E-state index in [2.05, 4.69) is 27.2 Å². The third-order valence-electron chi connectivity index (χ3n) is 5.00. The van der Waals surface area contributed by atoms with Gasteiger partial charge in [-0.25, -0.2) is 0 Å². The molecule has 9 heteroatoms. The van der Waals surface area contributed by atoms with E-state index in [-0.39, 0.29) is 5.56 Å². The number of carbonyl (C=O) groups is 1. The molecule has 0 aliphatic heterocycles. The highest BCUT2D eigenvalue weighted by Crippen LogP contribution is 2.35. The van der Waals surface area contributed by atoms with Crippen LogP contribution < -0.4 is 25.8 Å². The van der Waals surface area contributed by atoms with Crippen molar-refractivity contribution in [2.75, 3.05) is 12.4 Å². The number of rotatable bonds is 9. The first-order valence-electron chi connectivity index (χ1n) is 10.3. The van der Waals surface area contributed by atoms with Crippen LogP contribution in [0.2, 0.25) is 5.02 Å². The average Bonchev–Trinajstić information content (AvgIpc) is 2.84. The van der Waals surface area contributed by atoms with Gasteiger partial charge in [-0.3, -0.25) is 14.8 Å². The van der Waals surface area contributed by atoms with Crippen molar-refractivity contribution in [2.24, 2.45) is 5.73 Å². The van der Waals surface area contributed by atoms with Crippen molar-refractivity contribution >= 4 is 34.1 Å². The Labute approximate surface area is 201 Å². The van der Waals surface area contributed by atoms with E-state index in [1.807, 2.05) is 12.1 Å². The van der Waals surface area contributed by atoms with Gasteiger partial charge >= 0.3 is 0 Å². The molecule has 2 aromatic heterocycles. The second-order valence-electron chi connectivity index (χ2n) is 7.30. The van der Waals surface area contributed by atoms with Crippen molar-refractivity contribution in [1.82, 2.24) is 15.3 Å². The number of nitrogens with zero attached hydrogens (tertiary/aromatic N) is 2. The van der Waals surface area contributed by atoms with E-state index in [1.54, 1.807) is 55.0 Å². The molecule has 0 atom stereocenters. The number of anilines is 1. The summed E-state index contributed by atoms with van der Waals surface area (Å²) in [7, 11) is 1.47. The van der Waals surface area contributed by atoms with Crippen molar-refractivity contribution in [3.05, 3.63) is 95.7 Å². The van der Waals surface area contributed by atoms with Crippen molar-refractivity contribution in [3.63, 3.8) is 0 Å². The molecular weight excluding hydrogens is 454 g/mol. The van der Waals surface area contributed by atoms with E-state index in [1.165, 1.54) is 7.11 Å². The normalized spacial score (nSPS) is 10.5. The summed E-state index contributed by atoms with van der Waals surface area (Å²) in [6, 6.07) is 14.0. The van der Waals surface area contributed by atoms with Crippen LogP contribution in [0.3, 0.4) is 0 Å². The fraction of sp³-hybridized carbons (Fsp3) is 0.0800. The molecule has 2 aromatic carbocycles. The van der Waals surface area contributed by atoms with Gasteiger partial charge in [0.25, 0.3) is 5.91 Å². The number of hydrogen-bond donors (Lipinski definition) is 3. The first kappa shape index (κ1) is 22.9. The summed E-state index contributed by atoms with van der Waals surface area (Å²) >= 11 is 6.47. The number of methoxy groups -OCH3 is 1. The minimum Gasteiger partial charge on any atom is -0.496 e. The van der Waals surface area contributed by atoms with Gasteiger partial charge in [0.1, 0.15) is 17.2 Å². The summed E-state index contributed by atoms with van der Waals surface area (Å²) < 4.78 is 11.3. The fourth-order valence-corrected chi connectivity index (χ4v) is 3.52. The lowest BCUT2D eigenvalue weighted by molar-refractivity contribution is 0.0997. The Morgan fingerprint density at radius 3 is 2.59 bits per heavy atom. The van der Waals surface area contributed by atoms with E-state index in [0.717, 1.165) is 5.56 Å². The van der Waals surface area contributed by atoms with Gasteiger partial charge in [-0.1, -0.05) is 18.2 Å². The van der Waals surface area contributed by atoms with Gasteiger partial charge in [0.15, 0.2) is 0 Å². The molecule has 8 nitrogen and oxygen atoms in total. The maximum atomic E-state index is 11.8. The number of fused-ring (bicyclic) bond motifs is 1. The number of carbonyl (C=O) groups excluding carboxylic acids is 1. The smallest absolute Gasteiger partial charge is 0.252 e. The molecular formula is C25H22ClN5O3. The third kappa shape index (κ3) is 5.19. The van der Waals surface area contributed by atoms with Crippen LogP contribution in [0, 0.1) is 0 Å². The standard InChI is InChI=1S/C25H22ClN5O3/c1-15(30-14-16-5-8-28-9-6-16)31-21-4-3-17(11-20(21)26)34-23-7-10-29-22-13-24(33-2)19(25(27)32)12-18(22)23/h3-13,30-31H,1,14H2,2H3,(H2,27,32). The number of nitrogens with two attached hydrogens (primary N) is 1. The quantitative estimate of drug-likeness (QED) is 0.317. The van der Waals surface area contributed by atoms with Gasteiger partial charge < -0.3 is 25.8 Å². The van der Waals surface area contributed by atoms with Crippen LogP contribution >= 0.6 is 11.6 Å². The van der Waals surface area contributed by atoms with E-state index in [9.17, 15) is 4.79 Å². The van der Waals surface area contributed by atoms with Gasteiger partial charge in [0, 0.05) is 42.7 Å². The highest BCUT2D eigenvalue weighted by Gasteiger charge is 2.15. The molecule has 0 radical (unpaired) electrons. The molecule has 0 saturated carbocycles. The zero-order valence-corrected chi connectivity index (χ0v) is 19.1. The molecule has 4 N–H and O–H groups in total. The number of halogens is 1. The zero-order valence-electron chi connectivity index (χ0n) is 18.3. The molecule has 4 aromatic rings. The maximum absolute atomic E-state index is 11.8. The number of amides is 1. The molecule has 0 unspecified atom stereocenters. The number of aromatic nitrogens is 2. The molecule has 4 rings (SSSR count). The maximum Gasteiger partial charge on any atom is 0.252 e. The molecule has 1 amide bonds. The van der Waals surface area contributed by atoms with Gasteiger partial charge in [0.2, 0.25) is 0 Å². The Kier molecular flexibility index (Phi) is 6.79. The van der Waals surface area contributed by atoms with Crippen molar-refractivity contribution in [2.45, 2.75) is 6.54 Å². The number of benzene rings is 2. The lowest BCUT2D eigenvalue weighted by Gasteiger charge is -2.15. The number of hydrogen-bond acceptors (Lipinski definition) is 7. The first-order chi connectivity index (χ1) is 16.4. The molecule has 0 aliphatic rings. The largest absolute Gasteiger partial charge is 0.496 e. The SMILES string of the molecule is C=C(NCc1ccncc1)Nc1ccc(Oc2ccnc3cc(OC)c(C(N)=O)cc23)cc1Cl. The Balaban J connectivity index is 1.50. The number of nitrogens with one attached hydrogen (secondary N) is 2. The molecule has 0 fully saturated rings. The summed E-state index contributed by atoms with van der Waals surface area (Å²) in [5.41, 5.74) is 8.08. The topological polar surface area (TPSA) is 111 Å². The predicted molar refractivity (Wildman–Crippen MR) is 132 cm³/mol. The van der Waals surface area contributed by atoms with Gasteiger partial charge in [-0.15, -0.1) is 0 Å².